The molecule has 116 valence electrons. The van der Waals surface area contributed by atoms with Crippen LogP contribution in [-0.4, -0.2) is 29.4 Å². The predicted molar refractivity (Wildman–Crippen MR) is 80.4 cm³/mol. The van der Waals surface area contributed by atoms with E-state index < -0.39 is 5.82 Å². The largest absolute Gasteiger partial charge is 0.494 e. The van der Waals surface area contributed by atoms with Crippen molar-refractivity contribution in [1.29, 1.82) is 0 Å². The third-order valence-corrected chi connectivity index (χ3v) is 3.29. The first-order valence-corrected chi connectivity index (χ1v) is 6.85. The number of aromatic amines is 1. The van der Waals surface area contributed by atoms with E-state index in [0.29, 0.717) is 17.7 Å². The fraction of sp³-hybridized carbons (Fsp3) is 0.250. The van der Waals surface area contributed by atoms with Crippen molar-refractivity contribution in [2.24, 2.45) is 0 Å². The molecular formula is C16H17FN2O3. The zero-order chi connectivity index (χ0) is 16.1. The second kappa shape index (κ2) is 6.89. The Morgan fingerprint density at radius 3 is 2.64 bits per heavy atom. The molecule has 0 atom stereocenters. The van der Waals surface area contributed by atoms with Crippen molar-refractivity contribution in [2.75, 3.05) is 13.7 Å². The number of methoxy groups -OCH3 is 1. The number of nitrogens with zero attached hydrogens (tertiary/aromatic N) is 1. The zero-order valence-electron chi connectivity index (χ0n) is 12.4. The van der Waals surface area contributed by atoms with Crippen LogP contribution in [0.5, 0.6) is 5.75 Å². The molecule has 0 saturated carbocycles. The smallest absolute Gasteiger partial charge is 0.255 e. The summed E-state index contributed by atoms with van der Waals surface area (Å²) in [6.07, 6.45) is 1.38. The highest BCUT2D eigenvalue weighted by Crippen LogP contribution is 2.19. The molecule has 1 amide bonds. The van der Waals surface area contributed by atoms with Crippen LogP contribution in [0.25, 0.3) is 0 Å². The number of benzene rings is 1. The fourth-order valence-corrected chi connectivity index (χ4v) is 2.08. The van der Waals surface area contributed by atoms with Crippen LogP contribution in [0.4, 0.5) is 4.39 Å². The summed E-state index contributed by atoms with van der Waals surface area (Å²) < 4.78 is 18.6. The first-order valence-electron chi connectivity index (χ1n) is 6.85. The molecule has 22 heavy (non-hydrogen) atoms. The summed E-state index contributed by atoms with van der Waals surface area (Å²) in [6, 6.07) is 7.36. The lowest BCUT2D eigenvalue weighted by Crippen LogP contribution is -2.30. The summed E-state index contributed by atoms with van der Waals surface area (Å²) in [6.45, 7) is 2.57. The highest BCUT2D eigenvalue weighted by molar-refractivity contribution is 5.93. The van der Waals surface area contributed by atoms with Gasteiger partial charge in [-0.3, -0.25) is 9.59 Å². The summed E-state index contributed by atoms with van der Waals surface area (Å²) in [7, 11) is 1.40. The van der Waals surface area contributed by atoms with E-state index in [2.05, 4.69) is 4.98 Å². The van der Waals surface area contributed by atoms with E-state index in [-0.39, 0.29) is 23.8 Å². The van der Waals surface area contributed by atoms with E-state index in [1.54, 1.807) is 11.0 Å². The number of carbonyl (C=O) groups is 1. The lowest BCUT2D eigenvalue weighted by molar-refractivity contribution is 0.0752. The van der Waals surface area contributed by atoms with E-state index in [0.717, 1.165) is 0 Å². The van der Waals surface area contributed by atoms with E-state index in [1.807, 2.05) is 6.92 Å². The summed E-state index contributed by atoms with van der Waals surface area (Å²) in [5.74, 6) is -0.527. The van der Waals surface area contributed by atoms with Gasteiger partial charge in [-0.2, -0.15) is 0 Å². The van der Waals surface area contributed by atoms with E-state index in [4.69, 9.17) is 4.74 Å². The minimum Gasteiger partial charge on any atom is -0.494 e. The van der Waals surface area contributed by atoms with Crippen LogP contribution < -0.4 is 10.3 Å². The lowest BCUT2D eigenvalue weighted by Gasteiger charge is -2.21. The van der Waals surface area contributed by atoms with Crippen molar-refractivity contribution in [3.05, 3.63) is 63.8 Å². The molecule has 0 spiro atoms. The van der Waals surface area contributed by atoms with E-state index >= 15 is 0 Å². The molecule has 0 aliphatic rings. The molecule has 1 heterocycles. The quantitative estimate of drug-likeness (QED) is 0.921. The maximum absolute atomic E-state index is 13.7. The Bertz CT molecular complexity index is 707. The normalized spacial score (nSPS) is 10.3. The highest BCUT2D eigenvalue weighted by Gasteiger charge is 2.15. The predicted octanol–water partition coefficient (Wildman–Crippen LogP) is 2.18. The van der Waals surface area contributed by atoms with Crippen molar-refractivity contribution in [3.63, 3.8) is 0 Å². The number of halogens is 1. The van der Waals surface area contributed by atoms with Gasteiger partial charge in [0.1, 0.15) is 0 Å². The molecule has 0 saturated heterocycles. The van der Waals surface area contributed by atoms with Gasteiger partial charge in [0.15, 0.2) is 11.6 Å². The standard InChI is InChI=1S/C16H17FN2O3/c1-3-19(16(21)12-5-7-15(20)18-9-12)10-11-4-6-14(22-2)13(17)8-11/h4-9H,3,10H2,1-2H3,(H,18,20). The Hall–Kier alpha value is -2.63. The van der Waals surface area contributed by atoms with E-state index in [1.165, 1.54) is 37.6 Å². The van der Waals surface area contributed by atoms with Crippen molar-refractivity contribution in [3.8, 4) is 5.75 Å². The van der Waals surface area contributed by atoms with Crippen LogP contribution in [0.1, 0.15) is 22.8 Å². The summed E-state index contributed by atoms with van der Waals surface area (Å²) in [5.41, 5.74) is 0.783. The molecule has 1 aromatic heterocycles. The summed E-state index contributed by atoms with van der Waals surface area (Å²) >= 11 is 0. The maximum atomic E-state index is 13.7. The minimum atomic E-state index is -0.465. The van der Waals surface area contributed by atoms with Gasteiger partial charge in [-0.1, -0.05) is 6.07 Å². The third-order valence-electron chi connectivity index (χ3n) is 3.29. The second-order valence-electron chi connectivity index (χ2n) is 4.73. The molecule has 0 aliphatic heterocycles. The van der Waals surface area contributed by atoms with Gasteiger partial charge < -0.3 is 14.6 Å². The third kappa shape index (κ3) is 3.52. The van der Waals surface area contributed by atoms with Gasteiger partial charge in [-0.25, -0.2) is 4.39 Å². The molecule has 5 nitrogen and oxygen atoms in total. The van der Waals surface area contributed by atoms with Gasteiger partial charge in [0, 0.05) is 25.4 Å². The summed E-state index contributed by atoms with van der Waals surface area (Å²) in [4.78, 5) is 27.5. The molecule has 0 fully saturated rings. The number of hydrogen-bond donors (Lipinski definition) is 1. The van der Waals surface area contributed by atoms with Gasteiger partial charge >= 0.3 is 0 Å². The van der Waals surface area contributed by atoms with Gasteiger partial charge in [0.05, 0.1) is 12.7 Å². The number of carbonyl (C=O) groups excluding carboxylic acids is 1. The topological polar surface area (TPSA) is 62.4 Å². The van der Waals surface area contributed by atoms with Crippen LogP contribution in [0.3, 0.4) is 0 Å². The van der Waals surface area contributed by atoms with Crippen LogP contribution in [0.15, 0.2) is 41.3 Å². The van der Waals surface area contributed by atoms with Gasteiger partial charge in [-0.15, -0.1) is 0 Å². The van der Waals surface area contributed by atoms with Crippen molar-refractivity contribution in [2.45, 2.75) is 13.5 Å². The van der Waals surface area contributed by atoms with E-state index in [9.17, 15) is 14.0 Å². The number of pyridine rings is 1. The average Bonchev–Trinajstić information content (AvgIpc) is 2.53. The monoisotopic (exact) mass is 304 g/mol. The molecule has 0 unspecified atom stereocenters. The number of amides is 1. The molecule has 6 heteroatoms. The molecule has 2 aromatic rings. The number of rotatable bonds is 5. The molecule has 2 rings (SSSR count). The Kier molecular flexibility index (Phi) is 4.93. The highest BCUT2D eigenvalue weighted by atomic mass is 19.1. The van der Waals surface area contributed by atoms with Gasteiger partial charge in [-0.05, 0) is 30.7 Å². The SMILES string of the molecule is CCN(Cc1ccc(OC)c(F)c1)C(=O)c1ccc(=O)[nH]c1. The van der Waals surface area contributed by atoms with Gasteiger partial charge in [0.2, 0.25) is 5.56 Å². The molecule has 0 bridgehead atoms. The molecule has 0 radical (unpaired) electrons. The Morgan fingerprint density at radius 1 is 1.32 bits per heavy atom. The second-order valence-corrected chi connectivity index (χ2v) is 4.73. The van der Waals surface area contributed by atoms with Gasteiger partial charge in [0.25, 0.3) is 5.91 Å². The number of H-pyrrole nitrogens is 1. The number of nitrogens with one attached hydrogen (secondary N) is 1. The molecule has 1 aromatic carbocycles. The fourth-order valence-electron chi connectivity index (χ4n) is 2.08. The lowest BCUT2D eigenvalue weighted by atomic mass is 10.1. The zero-order valence-corrected chi connectivity index (χ0v) is 12.4. The molecular weight excluding hydrogens is 287 g/mol. The van der Waals surface area contributed by atoms with Crippen LogP contribution in [-0.2, 0) is 6.54 Å². The van der Waals surface area contributed by atoms with Crippen molar-refractivity contribution < 1.29 is 13.9 Å². The maximum Gasteiger partial charge on any atom is 0.255 e. The average molecular weight is 304 g/mol. The number of hydrogen-bond acceptors (Lipinski definition) is 3. The van der Waals surface area contributed by atoms with Crippen molar-refractivity contribution >= 4 is 5.91 Å². The Morgan fingerprint density at radius 2 is 2.09 bits per heavy atom. The molecule has 0 aliphatic carbocycles. The molecule has 1 N–H and O–H groups in total. The number of aromatic nitrogens is 1. The van der Waals surface area contributed by atoms with Crippen molar-refractivity contribution in [1.82, 2.24) is 9.88 Å². The van der Waals surface area contributed by atoms with Crippen LogP contribution >= 0.6 is 0 Å². The first-order chi connectivity index (χ1) is 10.5. The number of ether oxygens (including phenoxy) is 1. The Balaban J connectivity index is 2.18. The summed E-state index contributed by atoms with van der Waals surface area (Å²) in [5, 5.41) is 0. The van der Waals surface area contributed by atoms with Crippen LogP contribution in [0.2, 0.25) is 0 Å². The first kappa shape index (κ1) is 15.8. The minimum absolute atomic E-state index is 0.166. The van der Waals surface area contributed by atoms with Crippen LogP contribution in [0, 0.1) is 5.82 Å². The Labute approximate surface area is 127 Å².